The molecular formula is C13H31NO2Si. The lowest BCUT2D eigenvalue weighted by atomic mass is 10.1. The molecule has 0 aromatic heterocycles. The van der Waals surface area contributed by atoms with Gasteiger partial charge in [-0.3, -0.25) is 0 Å². The van der Waals surface area contributed by atoms with Crippen LogP contribution in [0.15, 0.2) is 0 Å². The molecule has 0 aliphatic carbocycles. The Morgan fingerprint density at radius 3 is 2.00 bits per heavy atom. The molecule has 0 radical (unpaired) electrons. The molecule has 4 heteroatoms. The minimum Gasteiger partial charge on any atom is -0.394 e. The Balaban J connectivity index is 3.92. The Kier molecular flexibility index (Phi) is 10.1. The van der Waals surface area contributed by atoms with Gasteiger partial charge in [0.15, 0.2) is 0 Å². The van der Waals surface area contributed by atoms with Gasteiger partial charge in [0, 0.05) is 13.2 Å². The normalized spacial score (nSPS) is 13.9. The van der Waals surface area contributed by atoms with Gasteiger partial charge >= 0.3 is 8.56 Å². The van der Waals surface area contributed by atoms with Crippen molar-refractivity contribution in [1.29, 1.82) is 0 Å². The van der Waals surface area contributed by atoms with E-state index < -0.39 is 8.56 Å². The van der Waals surface area contributed by atoms with Crippen LogP contribution in [-0.4, -0.2) is 28.3 Å². The second-order valence-corrected chi connectivity index (χ2v) is 8.37. The van der Waals surface area contributed by atoms with E-state index in [9.17, 15) is 0 Å². The summed E-state index contributed by atoms with van der Waals surface area (Å²) in [4.78, 5) is 0. The van der Waals surface area contributed by atoms with Gasteiger partial charge in [0.2, 0.25) is 0 Å². The largest absolute Gasteiger partial charge is 0.394 e. The average molecular weight is 261 g/mol. The molecular weight excluding hydrogens is 230 g/mol. The van der Waals surface area contributed by atoms with E-state index in [1.807, 2.05) is 0 Å². The highest BCUT2D eigenvalue weighted by atomic mass is 28.4. The van der Waals surface area contributed by atoms with Gasteiger partial charge in [-0.25, -0.2) is 0 Å². The van der Waals surface area contributed by atoms with Gasteiger partial charge < -0.3 is 14.6 Å². The number of unbranched alkanes of at least 4 members (excludes halogenated alkanes) is 3. The Labute approximate surface area is 108 Å². The summed E-state index contributed by atoms with van der Waals surface area (Å²) in [6.07, 6.45) is 6.17. The Morgan fingerprint density at radius 1 is 1.00 bits per heavy atom. The highest BCUT2D eigenvalue weighted by molar-refractivity contribution is 6.67. The van der Waals surface area contributed by atoms with Crippen LogP contribution in [0.4, 0.5) is 0 Å². The number of hydrogen-bond donors (Lipinski definition) is 1. The molecule has 0 fully saturated rings. The smallest absolute Gasteiger partial charge is 0.337 e. The second kappa shape index (κ2) is 10.1. The van der Waals surface area contributed by atoms with Crippen LogP contribution in [0.5, 0.6) is 0 Å². The topological polar surface area (TPSA) is 44.5 Å². The highest BCUT2D eigenvalue weighted by Crippen LogP contribution is 2.29. The summed E-state index contributed by atoms with van der Waals surface area (Å²) in [6.45, 7) is 10.9. The van der Waals surface area contributed by atoms with Gasteiger partial charge in [-0.15, -0.1) is 0 Å². The molecule has 0 saturated heterocycles. The van der Waals surface area contributed by atoms with Crippen LogP contribution in [-0.2, 0) is 8.85 Å². The maximum Gasteiger partial charge on any atom is 0.337 e. The molecule has 0 aromatic carbocycles. The Hall–Kier alpha value is 0.0969. The first kappa shape index (κ1) is 17.1. The monoisotopic (exact) mass is 261 g/mol. The van der Waals surface area contributed by atoms with Crippen LogP contribution < -0.4 is 5.73 Å². The van der Waals surface area contributed by atoms with E-state index in [0.717, 1.165) is 26.2 Å². The summed E-state index contributed by atoms with van der Waals surface area (Å²) in [5.41, 5.74) is 6.06. The summed E-state index contributed by atoms with van der Waals surface area (Å²) in [7, 11) is -1.95. The predicted octanol–water partition coefficient (Wildman–Crippen LogP) is 3.43. The summed E-state index contributed by atoms with van der Waals surface area (Å²) >= 11 is 0. The van der Waals surface area contributed by atoms with Crippen molar-refractivity contribution < 1.29 is 8.85 Å². The zero-order chi connectivity index (χ0) is 13.1. The van der Waals surface area contributed by atoms with Crippen molar-refractivity contribution >= 4 is 8.56 Å². The molecule has 1 unspecified atom stereocenters. The van der Waals surface area contributed by atoms with Crippen LogP contribution in [0.25, 0.3) is 0 Å². The predicted molar refractivity (Wildman–Crippen MR) is 76.4 cm³/mol. The highest BCUT2D eigenvalue weighted by Gasteiger charge is 2.37. The Morgan fingerprint density at radius 2 is 1.53 bits per heavy atom. The molecule has 3 nitrogen and oxygen atoms in total. The third-order valence-electron chi connectivity index (χ3n) is 3.35. The van der Waals surface area contributed by atoms with Crippen molar-refractivity contribution in [2.24, 2.45) is 5.73 Å². The maximum atomic E-state index is 5.91. The minimum atomic E-state index is -1.95. The second-order valence-electron chi connectivity index (χ2n) is 4.77. The molecule has 17 heavy (non-hydrogen) atoms. The average Bonchev–Trinajstić information content (AvgIpc) is 2.29. The molecule has 0 heterocycles. The Bertz CT molecular complexity index is 173. The fourth-order valence-electron chi connectivity index (χ4n) is 2.11. The van der Waals surface area contributed by atoms with E-state index in [0.29, 0.717) is 5.54 Å². The zero-order valence-corrected chi connectivity index (χ0v) is 13.1. The molecule has 1 atom stereocenters. The zero-order valence-electron chi connectivity index (χ0n) is 12.1. The lowest BCUT2D eigenvalue weighted by Crippen LogP contribution is -2.43. The lowest BCUT2D eigenvalue weighted by molar-refractivity contribution is 0.178. The quantitative estimate of drug-likeness (QED) is 0.458. The molecule has 0 amide bonds. The SMILES string of the molecule is CCO[Si](C)(OCC)C(C)CCCCCCN. The molecule has 0 bridgehead atoms. The number of rotatable bonds is 11. The van der Waals surface area contributed by atoms with Crippen LogP contribution in [0.3, 0.4) is 0 Å². The summed E-state index contributed by atoms with van der Waals surface area (Å²) in [5, 5.41) is 0. The maximum absolute atomic E-state index is 5.91. The lowest BCUT2D eigenvalue weighted by Gasteiger charge is -2.31. The van der Waals surface area contributed by atoms with Crippen LogP contribution in [0, 0.1) is 0 Å². The van der Waals surface area contributed by atoms with Gasteiger partial charge in [0.25, 0.3) is 0 Å². The summed E-state index contributed by atoms with van der Waals surface area (Å²) in [6, 6.07) is 0. The van der Waals surface area contributed by atoms with Gasteiger partial charge in [-0.05, 0) is 45.3 Å². The molecule has 0 saturated carbocycles. The third kappa shape index (κ3) is 7.19. The van der Waals surface area contributed by atoms with E-state index in [1.54, 1.807) is 0 Å². The van der Waals surface area contributed by atoms with Crippen molar-refractivity contribution in [3.63, 3.8) is 0 Å². The minimum absolute atomic E-state index is 0.570. The van der Waals surface area contributed by atoms with Crippen LogP contribution in [0.2, 0.25) is 12.1 Å². The van der Waals surface area contributed by atoms with Gasteiger partial charge in [0.1, 0.15) is 0 Å². The van der Waals surface area contributed by atoms with Gasteiger partial charge in [-0.1, -0.05) is 26.2 Å². The van der Waals surface area contributed by atoms with Crippen molar-refractivity contribution in [1.82, 2.24) is 0 Å². The van der Waals surface area contributed by atoms with Crippen molar-refractivity contribution in [3.8, 4) is 0 Å². The molecule has 0 rings (SSSR count). The summed E-state index contributed by atoms with van der Waals surface area (Å²) in [5.74, 6) is 0. The van der Waals surface area contributed by atoms with Gasteiger partial charge in [-0.2, -0.15) is 0 Å². The van der Waals surface area contributed by atoms with E-state index in [2.05, 4.69) is 27.3 Å². The molecule has 0 aliphatic rings. The molecule has 2 N–H and O–H groups in total. The van der Waals surface area contributed by atoms with E-state index in [4.69, 9.17) is 14.6 Å². The van der Waals surface area contributed by atoms with E-state index in [1.165, 1.54) is 25.7 Å². The third-order valence-corrected chi connectivity index (χ3v) is 7.15. The van der Waals surface area contributed by atoms with Crippen LogP contribution in [0.1, 0.15) is 52.9 Å². The van der Waals surface area contributed by atoms with E-state index in [-0.39, 0.29) is 0 Å². The van der Waals surface area contributed by atoms with Crippen molar-refractivity contribution in [3.05, 3.63) is 0 Å². The summed E-state index contributed by atoms with van der Waals surface area (Å²) < 4.78 is 11.8. The fraction of sp³-hybridized carbons (Fsp3) is 1.00. The molecule has 0 spiro atoms. The molecule has 104 valence electrons. The standard InChI is InChI=1S/C13H31NO2Si/c1-5-15-17(4,16-6-2)13(3)11-9-7-8-10-12-14/h13H,5-12,14H2,1-4H3. The van der Waals surface area contributed by atoms with Crippen LogP contribution >= 0.6 is 0 Å². The molecule has 0 aromatic rings. The first-order valence-electron chi connectivity index (χ1n) is 7.08. The van der Waals surface area contributed by atoms with Crippen molar-refractivity contribution in [2.75, 3.05) is 19.8 Å². The van der Waals surface area contributed by atoms with E-state index >= 15 is 0 Å². The first-order valence-corrected chi connectivity index (χ1v) is 9.48. The molecule has 0 aliphatic heterocycles. The van der Waals surface area contributed by atoms with Gasteiger partial charge in [0.05, 0.1) is 0 Å². The number of hydrogen-bond acceptors (Lipinski definition) is 3. The first-order chi connectivity index (χ1) is 8.10. The number of nitrogens with two attached hydrogens (primary N) is 1. The van der Waals surface area contributed by atoms with Crippen molar-refractivity contribution in [2.45, 2.75) is 65.0 Å². The fourth-order valence-corrected chi connectivity index (χ4v) is 4.64.